The molecule has 5 heteroatoms. The molecule has 2 rings (SSSR count). The summed E-state index contributed by atoms with van der Waals surface area (Å²) in [5.74, 6) is 0.859. The Morgan fingerprint density at radius 1 is 1.30 bits per heavy atom. The number of nitrogens with one attached hydrogen (secondary N) is 1. The van der Waals surface area contributed by atoms with Crippen LogP contribution in [0.5, 0.6) is 5.75 Å². The van der Waals surface area contributed by atoms with Gasteiger partial charge in [-0.2, -0.15) is 0 Å². The molecule has 1 saturated heterocycles. The van der Waals surface area contributed by atoms with Crippen molar-refractivity contribution in [2.24, 2.45) is 0 Å². The zero-order valence-electron chi connectivity index (χ0n) is 11.9. The van der Waals surface area contributed by atoms with Gasteiger partial charge in [0.1, 0.15) is 5.75 Å². The van der Waals surface area contributed by atoms with E-state index >= 15 is 0 Å². The van der Waals surface area contributed by atoms with Gasteiger partial charge >= 0.3 is 0 Å². The first-order valence-electron chi connectivity index (χ1n) is 6.81. The average molecular weight is 276 g/mol. The van der Waals surface area contributed by atoms with Gasteiger partial charge in [0.25, 0.3) is 0 Å². The minimum atomic E-state index is -0.226. The topological polar surface area (TPSA) is 58.6 Å². The number of ketones is 1. The van der Waals surface area contributed by atoms with Crippen LogP contribution in [-0.4, -0.2) is 49.4 Å². The highest BCUT2D eigenvalue weighted by Crippen LogP contribution is 2.15. The molecule has 1 aliphatic heterocycles. The van der Waals surface area contributed by atoms with Crippen LogP contribution in [0.1, 0.15) is 23.7 Å². The lowest BCUT2D eigenvalue weighted by Gasteiger charge is -2.25. The molecule has 0 radical (unpaired) electrons. The monoisotopic (exact) mass is 276 g/mol. The van der Waals surface area contributed by atoms with Gasteiger partial charge in [-0.1, -0.05) is 0 Å². The Bertz CT molecular complexity index is 484. The lowest BCUT2D eigenvalue weighted by atomic mass is 10.0. The molecular formula is C15H20N2O3. The predicted molar refractivity (Wildman–Crippen MR) is 76.0 cm³/mol. The fourth-order valence-electron chi connectivity index (χ4n) is 2.33. The van der Waals surface area contributed by atoms with Crippen molar-refractivity contribution in [2.75, 3.05) is 26.7 Å². The van der Waals surface area contributed by atoms with E-state index in [-0.39, 0.29) is 17.7 Å². The number of amides is 1. The van der Waals surface area contributed by atoms with E-state index in [9.17, 15) is 9.59 Å². The molecule has 0 aromatic heterocycles. The number of hydrogen-bond acceptors (Lipinski definition) is 4. The molecule has 1 N–H and O–H groups in total. The molecule has 0 saturated carbocycles. The summed E-state index contributed by atoms with van der Waals surface area (Å²) in [6, 6.07) is 6.90. The first-order valence-corrected chi connectivity index (χ1v) is 6.81. The molecule has 1 fully saturated rings. The van der Waals surface area contributed by atoms with Gasteiger partial charge in [0, 0.05) is 31.6 Å². The second-order valence-corrected chi connectivity index (χ2v) is 4.90. The highest BCUT2D eigenvalue weighted by Gasteiger charge is 2.24. The van der Waals surface area contributed by atoms with Crippen LogP contribution in [0, 0.1) is 0 Å². The Hall–Kier alpha value is -1.88. The second kappa shape index (κ2) is 6.52. The van der Waals surface area contributed by atoms with Crippen LogP contribution in [0.25, 0.3) is 0 Å². The maximum Gasteiger partial charge on any atom is 0.221 e. The Morgan fingerprint density at radius 2 is 2.00 bits per heavy atom. The van der Waals surface area contributed by atoms with Crippen molar-refractivity contribution >= 4 is 11.7 Å². The number of carbonyl (C=O) groups excluding carboxylic acids is 2. The predicted octanol–water partition coefficient (Wildman–Crippen LogP) is 1.09. The van der Waals surface area contributed by atoms with Crippen molar-refractivity contribution < 1.29 is 14.3 Å². The van der Waals surface area contributed by atoms with Crippen LogP contribution in [0.15, 0.2) is 24.3 Å². The Kier molecular flexibility index (Phi) is 4.74. The number of nitrogens with zero attached hydrogens (tertiary/aromatic N) is 1. The third-order valence-electron chi connectivity index (χ3n) is 3.65. The first kappa shape index (κ1) is 14.5. The number of hydrogen-bond donors (Lipinski definition) is 1. The minimum absolute atomic E-state index is 0.0524. The van der Waals surface area contributed by atoms with E-state index < -0.39 is 0 Å². The largest absolute Gasteiger partial charge is 0.497 e. The third kappa shape index (κ3) is 3.36. The highest BCUT2D eigenvalue weighted by atomic mass is 16.5. The maximum absolute atomic E-state index is 12.4. The molecule has 5 nitrogen and oxygen atoms in total. The molecule has 1 heterocycles. The summed E-state index contributed by atoms with van der Waals surface area (Å²) in [5.41, 5.74) is 0.668. The smallest absolute Gasteiger partial charge is 0.221 e. The fraction of sp³-hybridized carbons (Fsp3) is 0.467. The van der Waals surface area contributed by atoms with Crippen LogP contribution >= 0.6 is 0 Å². The van der Waals surface area contributed by atoms with Crippen LogP contribution in [-0.2, 0) is 4.79 Å². The summed E-state index contributed by atoms with van der Waals surface area (Å²) >= 11 is 0. The molecule has 108 valence electrons. The van der Waals surface area contributed by atoms with Gasteiger partial charge in [-0.3, -0.25) is 14.5 Å². The molecule has 1 amide bonds. The van der Waals surface area contributed by atoms with Crippen LogP contribution in [0.2, 0.25) is 0 Å². The van der Waals surface area contributed by atoms with Gasteiger partial charge in [-0.05, 0) is 31.2 Å². The fourth-order valence-corrected chi connectivity index (χ4v) is 2.33. The van der Waals surface area contributed by atoms with Gasteiger partial charge in [0.15, 0.2) is 5.78 Å². The molecule has 1 aromatic carbocycles. The van der Waals surface area contributed by atoms with Gasteiger partial charge in [-0.25, -0.2) is 0 Å². The van der Waals surface area contributed by atoms with Crippen molar-refractivity contribution in [1.82, 2.24) is 10.2 Å². The normalized spacial score (nSPS) is 18.0. The van der Waals surface area contributed by atoms with E-state index in [1.54, 1.807) is 31.4 Å². The van der Waals surface area contributed by atoms with Crippen molar-refractivity contribution in [3.05, 3.63) is 29.8 Å². The van der Waals surface area contributed by atoms with Crippen molar-refractivity contribution in [3.63, 3.8) is 0 Å². The van der Waals surface area contributed by atoms with Gasteiger partial charge in [0.05, 0.1) is 13.2 Å². The second-order valence-electron chi connectivity index (χ2n) is 4.90. The lowest BCUT2D eigenvalue weighted by Crippen LogP contribution is -2.41. The zero-order chi connectivity index (χ0) is 14.5. The van der Waals surface area contributed by atoms with E-state index in [0.717, 1.165) is 5.75 Å². The van der Waals surface area contributed by atoms with E-state index in [1.165, 1.54) is 0 Å². The summed E-state index contributed by atoms with van der Waals surface area (Å²) in [7, 11) is 1.60. The Morgan fingerprint density at radius 3 is 2.65 bits per heavy atom. The van der Waals surface area contributed by atoms with Gasteiger partial charge in [-0.15, -0.1) is 0 Å². The summed E-state index contributed by atoms with van der Waals surface area (Å²) in [5, 5.41) is 2.81. The van der Waals surface area contributed by atoms with Crippen LogP contribution in [0.3, 0.4) is 0 Å². The van der Waals surface area contributed by atoms with E-state index in [2.05, 4.69) is 5.32 Å². The quantitative estimate of drug-likeness (QED) is 0.836. The third-order valence-corrected chi connectivity index (χ3v) is 3.65. The average Bonchev–Trinajstić information content (AvgIpc) is 2.70. The first-order chi connectivity index (χ1) is 9.61. The van der Waals surface area contributed by atoms with Crippen molar-refractivity contribution in [3.8, 4) is 5.75 Å². The molecule has 1 atom stereocenters. The number of carbonyl (C=O) groups is 2. The van der Waals surface area contributed by atoms with Crippen LogP contribution in [0.4, 0.5) is 0 Å². The molecule has 0 bridgehead atoms. The number of methoxy groups -OCH3 is 1. The molecule has 0 spiro atoms. The maximum atomic E-state index is 12.4. The number of rotatable bonds is 4. The minimum Gasteiger partial charge on any atom is -0.497 e. The number of ether oxygens (including phenoxy) is 1. The lowest BCUT2D eigenvalue weighted by molar-refractivity contribution is -0.120. The van der Waals surface area contributed by atoms with Crippen molar-refractivity contribution in [2.45, 2.75) is 19.4 Å². The Balaban J connectivity index is 2.04. The number of Topliss-reactive ketones (excluding diaryl/α,β-unsaturated/α-hetero) is 1. The molecule has 1 unspecified atom stereocenters. The molecule has 0 aliphatic carbocycles. The van der Waals surface area contributed by atoms with Gasteiger partial charge < -0.3 is 10.1 Å². The SMILES string of the molecule is COc1ccc(C(=O)C(C)N2CCNC(=O)CC2)cc1. The standard InChI is InChI=1S/C15H20N2O3/c1-11(17-9-7-14(18)16-8-10-17)15(19)12-3-5-13(20-2)6-4-12/h3-6,11H,7-10H2,1-2H3,(H,16,18). The summed E-state index contributed by atoms with van der Waals surface area (Å²) in [4.78, 5) is 25.8. The van der Waals surface area contributed by atoms with E-state index in [4.69, 9.17) is 4.74 Å². The molecule has 1 aliphatic rings. The summed E-state index contributed by atoms with van der Waals surface area (Å²) in [6.07, 6.45) is 0.445. The summed E-state index contributed by atoms with van der Waals surface area (Å²) in [6.45, 7) is 3.81. The van der Waals surface area contributed by atoms with Crippen molar-refractivity contribution in [1.29, 1.82) is 0 Å². The van der Waals surface area contributed by atoms with Gasteiger partial charge in [0.2, 0.25) is 5.91 Å². The highest BCUT2D eigenvalue weighted by molar-refractivity contribution is 6.00. The zero-order valence-corrected chi connectivity index (χ0v) is 11.9. The Labute approximate surface area is 118 Å². The molecule has 1 aromatic rings. The number of benzene rings is 1. The van der Waals surface area contributed by atoms with E-state index in [1.807, 2.05) is 11.8 Å². The van der Waals surface area contributed by atoms with E-state index in [0.29, 0.717) is 31.6 Å². The van der Waals surface area contributed by atoms with Crippen LogP contribution < -0.4 is 10.1 Å². The molecule has 20 heavy (non-hydrogen) atoms. The molecular weight excluding hydrogens is 256 g/mol. The summed E-state index contributed by atoms with van der Waals surface area (Å²) < 4.78 is 5.09.